The largest absolute Gasteiger partial charge is 0.459 e. The van der Waals surface area contributed by atoms with Crippen LogP contribution >= 0.6 is 15.9 Å². The Morgan fingerprint density at radius 3 is 2.26 bits per heavy atom. The second-order valence-corrected chi connectivity index (χ2v) is 8.62. The minimum atomic E-state index is -0.664. The van der Waals surface area contributed by atoms with E-state index in [4.69, 9.17) is 4.74 Å². The maximum Gasteiger partial charge on any atom is 0.322 e. The van der Waals surface area contributed by atoms with Crippen LogP contribution in [0.1, 0.15) is 48.0 Å². The van der Waals surface area contributed by atoms with E-state index in [0.717, 1.165) is 5.70 Å². The normalized spacial score (nSPS) is 16.5. The van der Waals surface area contributed by atoms with E-state index in [1.54, 1.807) is 13.8 Å². The van der Waals surface area contributed by atoms with Crippen molar-refractivity contribution in [2.45, 2.75) is 57.9 Å². The maximum absolute atomic E-state index is 12.0. The molecule has 1 rings (SSSR count). The van der Waals surface area contributed by atoms with Crippen LogP contribution in [0.4, 0.5) is 0 Å². The zero-order valence-corrected chi connectivity index (χ0v) is 14.1. The predicted molar refractivity (Wildman–Crippen MR) is 79.1 cm³/mol. The van der Waals surface area contributed by atoms with Crippen molar-refractivity contribution in [2.24, 2.45) is 5.41 Å². The molecule has 1 aliphatic rings. The van der Waals surface area contributed by atoms with E-state index in [1.165, 1.54) is 0 Å². The molecule has 5 nitrogen and oxygen atoms in total. The zero-order chi connectivity index (χ0) is 14.9. The lowest BCUT2D eigenvalue weighted by Gasteiger charge is -2.36. The third-order valence-corrected chi connectivity index (χ3v) is 3.26. The van der Waals surface area contributed by atoms with Gasteiger partial charge in [-0.1, -0.05) is 29.8 Å². The number of ether oxygens (including phenoxy) is 1. The molecule has 19 heavy (non-hydrogen) atoms. The van der Waals surface area contributed by atoms with Crippen LogP contribution in [-0.4, -0.2) is 15.9 Å². The Morgan fingerprint density at radius 1 is 1.26 bits per heavy atom. The summed E-state index contributed by atoms with van der Waals surface area (Å²) in [7, 11) is 0. The number of nitrogens with one attached hydrogen (secondary N) is 3. The number of alkyl halides is 1. The number of halogens is 1. The maximum atomic E-state index is 12.0. The first-order valence-electron chi connectivity index (χ1n) is 6.34. The van der Waals surface area contributed by atoms with E-state index in [9.17, 15) is 4.79 Å². The van der Waals surface area contributed by atoms with Crippen LogP contribution < -0.4 is 16.4 Å². The molecule has 0 amide bonds. The van der Waals surface area contributed by atoms with Gasteiger partial charge in [0, 0.05) is 11.6 Å². The Morgan fingerprint density at radius 2 is 1.84 bits per heavy atom. The third kappa shape index (κ3) is 4.69. The summed E-state index contributed by atoms with van der Waals surface area (Å²) in [6, 6.07) is 0. The predicted octanol–water partition coefficient (Wildman–Crippen LogP) is 2.35. The fourth-order valence-electron chi connectivity index (χ4n) is 2.18. The van der Waals surface area contributed by atoms with Gasteiger partial charge in [-0.15, -0.1) is 0 Å². The summed E-state index contributed by atoms with van der Waals surface area (Å²) in [5.41, 5.74) is 9.12. The van der Waals surface area contributed by atoms with Gasteiger partial charge in [0.15, 0.2) is 0 Å². The topological polar surface area (TPSA) is 62.4 Å². The molecule has 0 saturated carbocycles. The fourth-order valence-corrected chi connectivity index (χ4v) is 2.26. The Balaban J connectivity index is 2.71. The van der Waals surface area contributed by atoms with Gasteiger partial charge in [-0.3, -0.25) is 4.79 Å². The van der Waals surface area contributed by atoms with Gasteiger partial charge >= 0.3 is 5.97 Å². The minimum Gasteiger partial charge on any atom is -0.459 e. The summed E-state index contributed by atoms with van der Waals surface area (Å²) in [5, 5.41) is 0. The second kappa shape index (κ2) is 5.32. The standard InChI is InChI=1S/C13H24BrN3O2/c1-11(2,9-7-15-17-16-9)8-12(3,4)19-10(18)13(5,6)14/h7,15-17H,8H2,1-6H3. The highest BCUT2D eigenvalue weighted by atomic mass is 79.9. The Labute approximate surface area is 123 Å². The molecular weight excluding hydrogens is 310 g/mol. The van der Waals surface area contributed by atoms with Crippen LogP contribution in [0.5, 0.6) is 0 Å². The first kappa shape index (κ1) is 16.3. The van der Waals surface area contributed by atoms with Crippen molar-refractivity contribution < 1.29 is 9.53 Å². The molecule has 110 valence electrons. The highest BCUT2D eigenvalue weighted by Crippen LogP contribution is 2.36. The molecule has 1 heterocycles. The van der Waals surface area contributed by atoms with E-state index in [-0.39, 0.29) is 11.4 Å². The average Bonchev–Trinajstić information content (AvgIpc) is 2.65. The van der Waals surface area contributed by atoms with Crippen molar-refractivity contribution in [3.63, 3.8) is 0 Å². The van der Waals surface area contributed by atoms with Crippen molar-refractivity contribution in [3.05, 3.63) is 11.9 Å². The number of esters is 1. The van der Waals surface area contributed by atoms with Gasteiger partial charge in [0.2, 0.25) is 0 Å². The summed E-state index contributed by atoms with van der Waals surface area (Å²) in [6.45, 7) is 11.6. The van der Waals surface area contributed by atoms with Gasteiger partial charge in [-0.05, 0) is 34.1 Å². The van der Waals surface area contributed by atoms with Crippen LogP contribution in [0, 0.1) is 5.41 Å². The highest BCUT2D eigenvalue weighted by Gasteiger charge is 2.38. The monoisotopic (exact) mass is 333 g/mol. The van der Waals surface area contributed by atoms with Crippen LogP contribution in [0.2, 0.25) is 0 Å². The molecule has 0 bridgehead atoms. The number of carbonyl (C=O) groups is 1. The lowest BCUT2D eigenvalue weighted by Crippen LogP contribution is -2.41. The molecule has 0 spiro atoms. The van der Waals surface area contributed by atoms with Crippen LogP contribution in [0.15, 0.2) is 11.9 Å². The van der Waals surface area contributed by atoms with Gasteiger partial charge in [-0.25, -0.2) is 0 Å². The summed E-state index contributed by atoms with van der Waals surface area (Å²) < 4.78 is 4.95. The average molecular weight is 334 g/mol. The minimum absolute atomic E-state index is 0.142. The van der Waals surface area contributed by atoms with Crippen LogP contribution in [0.3, 0.4) is 0 Å². The zero-order valence-electron chi connectivity index (χ0n) is 12.5. The molecule has 0 unspecified atom stereocenters. The van der Waals surface area contributed by atoms with Gasteiger partial charge in [0.25, 0.3) is 0 Å². The Bertz CT molecular complexity index is 384. The van der Waals surface area contributed by atoms with E-state index in [2.05, 4.69) is 46.2 Å². The molecule has 0 aromatic rings. The third-order valence-electron chi connectivity index (χ3n) is 2.94. The van der Waals surface area contributed by atoms with E-state index in [1.807, 2.05) is 20.0 Å². The number of carbonyl (C=O) groups excluding carboxylic acids is 1. The Kier molecular flexibility index (Phi) is 4.57. The van der Waals surface area contributed by atoms with Crippen LogP contribution in [0.25, 0.3) is 0 Å². The van der Waals surface area contributed by atoms with Gasteiger partial charge < -0.3 is 15.6 Å². The number of allylic oxidation sites excluding steroid dienone is 1. The summed E-state index contributed by atoms with van der Waals surface area (Å²) in [5.74, 6) is -0.252. The molecule has 0 aliphatic carbocycles. The first-order chi connectivity index (χ1) is 8.44. The molecule has 6 heteroatoms. The molecule has 0 aromatic carbocycles. The van der Waals surface area contributed by atoms with Crippen molar-refractivity contribution in [1.29, 1.82) is 0 Å². The smallest absolute Gasteiger partial charge is 0.322 e. The molecule has 3 N–H and O–H groups in total. The number of hydrogen-bond acceptors (Lipinski definition) is 5. The Hall–Kier alpha value is -0.750. The molecule has 1 aliphatic heterocycles. The number of hydrogen-bond donors (Lipinski definition) is 3. The lowest BCUT2D eigenvalue weighted by atomic mass is 9.79. The SMILES string of the molecule is CC(C)(CC(C)(C)C1=CNNN1)OC(=O)C(C)(C)Br. The van der Waals surface area contributed by atoms with E-state index in [0.29, 0.717) is 6.42 Å². The summed E-state index contributed by atoms with van der Waals surface area (Å²) >= 11 is 3.32. The first-order valence-corrected chi connectivity index (χ1v) is 7.13. The summed E-state index contributed by atoms with van der Waals surface area (Å²) in [4.78, 5) is 12.0. The molecule has 0 saturated heterocycles. The molecule has 0 fully saturated rings. The molecule has 0 aromatic heterocycles. The molecular formula is C13H24BrN3O2. The molecule has 0 radical (unpaired) electrons. The number of hydrazine groups is 2. The highest BCUT2D eigenvalue weighted by molar-refractivity contribution is 9.10. The summed E-state index contributed by atoms with van der Waals surface area (Å²) in [6.07, 6.45) is 2.59. The van der Waals surface area contributed by atoms with Crippen molar-refractivity contribution >= 4 is 21.9 Å². The second-order valence-electron chi connectivity index (χ2n) is 6.63. The fraction of sp³-hybridized carbons (Fsp3) is 0.769. The van der Waals surface area contributed by atoms with E-state index >= 15 is 0 Å². The van der Waals surface area contributed by atoms with Crippen molar-refractivity contribution in [3.8, 4) is 0 Å². The van der Waals surface area contributed by atoms with Crippen LogP contribution in [-0.2, 0) is 9.53 Å². The van der Waals surface area contributed by atoms with Gasteiger partial charge in [0.1, 0.15) is 9.93 Å². The van der Waals surface area contributed by atoms with E-state index < -0.39 is 9.93 Å². The quantitative estimate of drug-likeness (QED) is 0.532. The molecule has 0 atom stereocenters. The van der Waals surface area contributed by atoms with Crippen molar-refractivity contribution in [2.75, 3.05) is 0 Å². The van der Waals surface area contributed by atoms with Crippen molar-refractivity contribution in [1.82, 2.24) is 16.4 Å². The lowest BCUT2D eigenvalue weighted by molar-refractivity contribution is -0.160. The van der Waals surface area contributed by atoms with Gasteiger partial charge in [-0.2, -0.15) is 5.53 Å². The van der Waals surface area contributed by atoms with Gasteiger partial charge in [0.05, 0.1) is 5.70 Å². The number of rotatable bonds is 5.